The molecular formula is C25H19B8N3O2S. The molecule has 39 heavy (non-hydrogen) atoms. The number of pyridine rings is 1. The molecule has 1 aliphatic rings. The minimum absolute atomic E-state index is 0.178. The Hall–Kier alpha value is -2.31. The summed E-state index contributed by atoms with van der Waals surface area (Å²) in [6.45, 7) is 0.539. The summed E-state index contributed by atoms with van der Waals surface area (Å²) < 4.78 is 6.82. The molecule has 1 saturated heterocycles. The number of nitrogens with zero attached hydrogens (tertiary/aromatic N) is 2. The number of hydrogen-bond acceptors (Lipinski definition) is 5. The number of aromatic amines is 1. The van der Waals surface area contributed by atoms with Crippen LogP contribution < -0.4 is 15.2 Å². The number of hydrogen-bond donors (Lipinski definition) is 1. The second kappa shape index (κ2) is 9.95. The number of ether oxygens (including phenoxy) is 1. The van der Waals surface area contributed by atoms with Crippen LogP contribution in [0.1, 0.15) is 12.8 Å². The molecular weight excluding hydrogens is 493 g/mol. The summed E-state index contributed by atoms with van der Waals surface area (Å²) in [5, 5.41) is -4.22. The van der Waals surface area contributed by atoms with Crippen molar-refractivity contribution in [1.82, 2.24) is 9.88 Å². The molecule has 0 amide bonds. The summed E-state index contributed by atoms with van der Waals surface area (Å²) >= 11 is 1.53. The number of aromatic nitrogens is 1. The highest BCUT2D eigenvalue weighted by Gasteiger charge is 2.59. The van der Waals surface area contributed by atoms with Gasteiger partial charge >= 0.3 is 0 Å². The van der Waals surface area contributed by atoms with Crippen LogP contribution in [0.5, 0.6) is 5.75 Å². The van der Waals surface area contributed by atoms with Crippen LogP contribution in [0.2, 0.25) is 0 Å². The van der Waals surface area contributed by atoms with Crippen molar-refractivity contribution in [2.75, 3.05) is 18.1 Å². The largest absolute Gasteiger partial charge is 0.494 e. The fourth-order valence-electron chi connectivity index (χ4n) is 5.13. The summed E-state index contributed by atoms with van der Waals surface area (Å²) in [4.78, 5) is 17.1. The van der Waals surface area contributed by atoms with Crippen molar-refractivity contribution in [2.24, 2.45) is 0 Å². The summed E-state index contributed by atoms with van der Waals surface area (Å²) in [7, 11) is 52.9. The minimum Gasteiger partial charge on any atom is -0.494 e. The molecule has 2 aromatic carbocycles. The summed E-state index contributed by atoms with van der Waals surface area (Å²) in [5.41, 5.74) is 1.01. The Morgan fingerprint density at radius 3 is 2.23 bits per heavy atom. The number of piperazine rings is 1. The number of unbranched alkanes of at least 4 members (excludes halogenated alkanes) is 1. The first-order valence-electron chi connectivity index (χ1n) is 12.4. The van der Waals surface area contributed by atoms with Crippen LogP contribution in [0, 0.1) is 0 Å². The van der Waals surface area contributed by atoms with Crippen molar-refractivity contribution in [3.63, 3.8) is 0 Å². The predicted molar refractivity (Wildman–Crippen MR) is 167 cm³/mol. The zero-order valence-electron chi connectivity index (χ0n) is 21.3. The van der Waals surface area contributed by atoms with Gasteiger partial charge in [0.05, 0.1) is 74.9 Å². The highest BCUT2D eigenvalue weighted by molar-refractivity contribution is 7.17. The fraction of sp³-hybridized carbons (Fsp3) is 0.320. The zero-order chi connectivity index (χ0) is 28.2. The molecule has 14 heteroatoms. The lowest BCUT2D eigenvalue weighted by Crippen LogP contribution is -2.92. The third-order valence-corrected chi connectivity index (χ3v) is 8.25. The van der Waals surface area contributed by atoms with Gasteiger partial charge in [-0.2, -0.15) is 0 Å². The standard InChI is InChI=1S/C25H19B8N3O2S/c26-22(27)24(30,31)36(19-4-3-5-20-17(19)10-13-39-20)25(32,33)23(28,29)35(22)11-1-2-12-38-16-8-6-15-7-9-21(37)34-18(15)14-16/h3-10,13-14H,1-2,11-12H2,(H,34,37). The molecule has 1 N–H and O–H groups in total. The number of rotatable bonds is 7. The van der Waals surface area contributed by atoms with Gasteiger partial charge in [0.15, 0.2) is 0 Å². The van der Waals surface area contributed by atoms with E-state index in [9.17, 15) is 4.79 Å². The van der Waals surface area contributed by atoms with Crippen LogP contribution >= 0.6 is 11.3 Å². The predicted octanol–water partition coefficient (Wildman–Crippen LogP) is 0.687. The van der Waals surface area contributed by atoms with E-state index in [-0.39, 0.29) is 12.1 Å². The molecule has 0 bridgehead atoms. The Morgan fingerprint density at radius 2 is 1.51 bits per heavy atom. The first-order valence-corrected chi connectivity index (χ1v) is 13.3. The quantitative estimate of drug-likeness (QED) is 0.293. The van der Waals surface area contributed by atoms with E-state index in [2.05, 4.69) is 4.98 Å². The molecule has 1 fully saturated rings. The molecule has 176 valence electrons. The normalized spacial score (nSPS) is 19.7. The maximum Gasteiger partial charge on any atom is 0.248 e. The van der Waals surface area contributed by atoms with Gasteiger partial charge in [0.2, 0.25) is 5.56 Å². The maximum atomic E-state index is 11.6. The van der Waals surface area contributed by atoms with Crippen LogP contribution in [0.4, 0.5) is 5.69 Å². The van der Waals surface area contributed by atoms with Gasteiger partial charge in [-0.25, -0.2) is 0 Å². The van der Waals surface area contributed by atoms with E-state index in [0.29, 0.717) is 36.4 Å². The highest BCUT2D eigenvalue weighted by Crippen LogP contribution is 2.47. The molecule has 1 aliphatic heterocycles. The minimum atomic E-state index is -1.98. The molecule has 0 spiro atoms. The van der Waals surface area contributed by atoms with Gasteiger partial charge in [-0.15, -0.1) is 11.3 Å². The smallest absolute Gasteiger partial charge is 0.248 e. The van der Waals surface area contributed by atoms with Crippen LogP contribution in [-0.4, -0.2) is 107 Å². The molecule has 16 radical (unpaired) electrons. The van der Waals surface area contributed by atoms with E-state index in [1.807, 2.05) is 35.7 Å². The van der Waals surface area contributed by atoms with E-state index in [1.165, 1.54) is 27.2 Å². The van der Waals surface area contributed by atoms with Gasteiger partial charge < -0.3 is 19.5 Å². The first-order chi connectivity index (χ1) is 18.3. The highest BCUT2D eigenvalue weighted by atomic mass is 32.1. The number of anilines is 1. The Bertz CT molecular complexity index is 1540. The Balaban J connectivity index is 1.33. The van der Waals surface area contributed by atoms with Gasteiger partial charge in [0.25, 0.3) is 0 Å². The molecule has 4 aromatic rings. The maximum absolute atomic E-state index is 11.6. The number of nitrogens with one attached hydrogen (secondary N) is 1. The van der Waals surface area contributed by atoms with E-state index in [4.69, 9.17) is 67.5 Å². The molecule has 0 aliphatic carbocycles. The molecule has 5 nitrogen and oxygen atoms in total. The second-order valence-corrected chi connectivity index (χ2v) is 11.0. The van der Waals surface area contributed by atoms with Crippen molar-refractivity contribution >= 4 is 101 Å². The zero-order valence-corrected chi connectivity index (χ0v) is 22.2. The number of thiophene rings is 1. The van der Waals surface area contributed by atoms with E-state index < -0.39 is 21.4 Å². The van der Waals surface area contributed by atoms with Crippen molar-refractivity contribution < 1.29 is 4.74 Å². The third-order valence-electron chi connectivity index (χ3n) is 7.37. The summed E-state index contributed by atoms with van der Waals surface area (Å²) in [6, 6.07) is 16.1. The van der Waals surface area contributed by atoms with Crippen LogP contribution in [0.25, 0.3) is 21.0 Å². The fourth-order valence-corrected chi connectivity index (χ4v) is 5.93. The van der Waals surface area contributed by atoms with E-state index >= 15 is 0 Å². The van der Waals surface area contributed by atoms with Gasteiger partial charge in [-0.05, 0) is 87.9 Å². The van der Waals surface area contributed by atoms with E-state index in [0.717, 1.165) is 15.5 Å². The Kier molecular flexibility index (Phi) is 7.20. The number of H-pyrrole nitrogens is 1. The van der Waals surface area contributed by atoms with E-state index in [1.54, 1.807) is 18.2 Å². The average molecular weight is 512 g/mol. The first kappa shape index (κ1) is 28.2. The Labute approximate surface area is 243 Å². The summed E-state index contributed by atoms with van der Waals surface area (Å²) in [6.07, 6.45) is 1.08. The topological polar surface area (TPSA) is 48.6 Å². The average Bonchev–Trinajstić information content (AvgIpc) is 3.34. The molecule has 0 atom stereocenters. The number of benzene rings is 2. The molecule has 5 rings (SSSR count). The van der Waals surface area contributed by atoms with Gasteiger partial charge in [0, 0.05) is 27.9 Å². The molecule has 0 saturated carbocycles. The lowest BCUT2D eigenvalue weighted by molar-refractivity contribution is 0.103. The molecule has 2 aromatic heterocycles. The van der Waals surface area contributed by atoms with Gasteiger partial charge in [-0.1, -0.05) is 6.07 Å². The van der Waals surface area contributed by atoms with Crippen molar-refractivity contribution in [2.45, 2.75) is 34.2 Å². The number of fused-ring (bicyclic) bond motifs is 2. The monoisotopic (exact) mass is 513 g/mol. The summed E-state index contributed by atoms with van der Waals surface area (Å²) in [5.74, 6) is 0.616. The second-order valence-electron chi connectivity index (χ2n) is 10.0. The Morgan fingerprint density at radius 1 is 0.821 bits per heavy atom. The third kappa shape index (κ3) is 4.61. The van der Waals surface area contributed by atoms with Gasteiger partial charge in [-0.3, -0.25) is 4.79 Å². The SMILES string of the molecule is [B]C1([B])N(CCCCOc2ccc3ccc(=O)[nH]c3c2)C([B])([B])C([B])([B])N(c2cccc3sccc23)C1([B])[B]. The van der Waals surface area contributed by atoms with Crippen molar-refractivity contribution in [3.05, 3.63) is 70.3 Å². The lowest BCUT2D eigenvalue weighted by atomic mass is 9.26. The molecule has 0 unspecified atom stereocenters. The van der Waals surface area contributed by atoms with Crippen molar-refractivity contribution in [1.29, 1.82) is 0 Å². The van der Waals surface area contributed by atoms with Crippen LogP contribution in [0.15, 0.2) is 64.8 Å². The van der Waals surface area contributed by atoms with Crippen molar-refractivity contribution in [3.8, 4) is 5.75 Å². The van der Waals surface area contributed by atoms with Gasteiger partial charge in [0.1, 0.15) is 5.75 Å². The van der Waals surface area contributed by atoms with Crippen LogP contribution in [0.3, 0.4) is 0 Å². The van der Waals surface area contributed by atoms with Crippen LogP contribution in [-0.2, 0) is 0 Å². The molecule has 3 heterocycles. The lowest BCUT2D eigenvalue weighted by Gasteiger charge is -2.76.